The molecule has 0 N–H and O–H groups in total. The minimum Gasteiger partial charge on any atom is -0.481 e. The topological polar surface area (TPSA) is 64.8 Å². The third-order valence-corrected chi connectivity index (χ3v) is 3.27. The van der Waals surface area contributed by atoms with Crippen molar-refractivity contribution in [3.8, 4) is 5.75 Å². The molecule has 0 unspecified atom stereocenters. The lowest BCUT2D eigenvalue weighted by Gasteiger charge is -2.24. The smallest absolute Gasteiger partial charge is 0.299 e. The maximum absolute atomic E-state index is 13.5. The van der Waals surface area contributed by atoms with E-state index >= 15 is 0 Å². The van der Waals surface area contributed by atoms with E-state index in [-0.39, 0.29) is 23.9 Å². The van der Waals surface area contributed by atoms with Gasteiger partial charge in [0.15, 0.2) is 23.9 Å². The van der Waals surface area contributed by atoms with E-state index in [9.17, 15) is 13.6 Å². The number of rotatable bonds is 4. The number of hydroxylamine groups is 2. The Morgan fingerprint density at radius 3 is 3.00 bits per heavy atom. The third-order valence-electron chi connectivity index (χ3n) is 3.27. The molecule has 3 rings (SSSR count). The Hall–Kier alpha value is -2.48. The molecular formula is C15H14F2N2O4. The summed E-state index contributed by atoms with van der Waals surface area (Å²) in [6.07, 6.45) is 2.94. The molecule has 122 valence electrons. The van der Waals surface area contributed by atoms with E-state index in [2.05, 4.69) is 4.98 Å². The Kier molecular flexibility index (Phi) is 4.52. The number of halogens is 2. The van der Waals surface area contributed by atoms with Gasteiger partial charge in [-0.3, -0.25) is 9.63 Å². The molecule has 0 aliphatic carbocycles. The van der Waals surface area contributed by atoms with Gasteiger partial charge in [-0.1, -0.05) is 6.07 Å². The average Bonchev–Trinajstić information content (AvgIpc) is 3.05. The van der Waals surface area contributed by atoms with Crippen LogP contribution in [0.2, 0.25) is 0 Å². The number of hydrogen-bond acceptors (Lipinski definition) is 5. The van der Waals surface area contributed by atoms with E-state index in [1.165, 1.54) is 23.5 Å². The molecule has 0 radical (unpaired) electrons. The second-order valence-electron chi connectivity index (χ2n) is 4.91. The molecule has 2 aromatic rings. The first-order chi connectivity index (χ1) is 11.1. The first-order valence-corrected chi connectivity index (χ1v) is 7.11. The maximum Gasteiger partial charge on any atom is 0.299 e. The molecule has 1 fully saturated rings. The van der Waals surface area contributed by atoms with Crippen molar-refractivity contribution in [1.29, 1.82) is 0 Å². The van der Waals surface area contributed by atoms with Crippen molar-refractivity contribution in [2.24, 2.45) is 0 Å². The van der Waals surface area contributed by atoms with Crippen LogP contribution >= 0.6 is 0 Å². The lowest BCUT2D eigenvalue weighted by atomic mass is 10.3. The monoisotopic (exact) mass is 324 g/mol. The van der Waals surface area contributed by atoms with E-state index in [1.807, 2.05) is 0 Å². The van der Waals surface area contributed by atoms with Crippen LogP contribution in [0.25, 0.3) is 0 Å². The van der Waals surface area contributed by atoms with Gasteiger partial charge in [-0.2, -0.15) is 4.39 Å². The van der Waals surface area contributed by atoms with Crippen LogP contribution in [0.4, 0.5) is 8.78 Å². The van der Waals surface area contributed by atoms with Gasteiger partial charge >= 0.3 is 0 Å². The molecule has 0 atom stereocenters. The zero-order valence-corrected chi connectivity index (χ0v) is 12.1. The minimum absolute atomic E-state index is 0.0743. The summed E-state index contributed by atoms with van der Waals surface area (Å²) >= 11 is 0. The zero-order chi connectivity index (χ0) is 16.2. The van der Waals surface area contributed by atoms with Crippen LogP contribution in [-0.4, -0.2) is 29.1 Å². The number of hydrogen-bond donors (Lipinski definition) is 0. The van der Waals surface area contributed by atoms with Gasteiger partial charge in [0.05, 0.1) is 6.61 Å². The fourth-order valence-electron chi connectivity index (χ4n) is 2.10. The molecule has 1 aromatic heterocycles. The van der Waals surface area contributed by atoms with E-state index in [4.69, 9.17) is 14.0 Å². The van der Waals surface area contributed by atoms with Crippen LogP contribution in [0.5, 0.6) is 5.75 Å². The summed E-state index contributed by atoms with van der Waals surface area (Å²) in [6.45, 7) is 0.749. The molecule has 1 aliphatic rings. The molecule has 1 aromatic carbocycles. The summed E-state index contributed by atoms with van der Waals surface area (Å²) in [6, 6.07) is 3.60. The molecule has 8 heteroatoms. The van der Waals surface area contributed by atoms with Gasteiger partial charge in [-0.25, -0.2) is 14.4 Å². The molecule has 23 heavy (non-hydrogen) atoms. The van der Waals surface area contributed by atoms with E-state index in [0.717, 1.165) is 18.9 Å². The number of nitrogens with zero attached hydrogens (tertiary/aromatic N) is 2. The van der Waals surface area contributed by atoms with Crippen molar-refractivity contribution in [2.75, 3.05) is 13.2 Å². The van der Waals surface area contributed by atoms with E-state index < -0.39 is 17.5 Å². The lowest BCUT2D eigenvalue weighted by Crippen LogP contribution is -2.35. The summed E-state index contributed by atoms with van der Waals surface area (Å²) < 4.78 is 36.7. The fraction of sp³-hybridized carbons (Fsp3) is 0.333. The number of ether oxygens (including phenoxy) is 1. The Morgan fingerprint density at radius 2 is 2.22 bits per heavy atom. The largest absolute Gasteiger partial charge is 0.481 e. The van der Waals surface area contributed by atoms with Crippen LogP contribution in [0.3, 0.4) is 0 Å². The van der Waals surface area contributed by atoms with Crippen molar-refractivity contribution in [1.82, 2.24) is 10.0 Å². The highest BCUT2D eigenvalue weighted by molar-refractivity contribution is 5.91. The summed E-state index contributed by atoms with van der Waals surface area (Å²) in [7, 11) is 0. The molecule has 1 saturated heterocycles. The normalized spacial score (nSPS) is 14.8. The van der Waals surface area contributed by atoms with Gasteiger partial charge in [0.2, 0.25) is 11.7 Å². The van der Waals surface area contributed by atoms with Gasteiger partial charge in [0.1, 0.15) is 6.26 Å². The zero-order valence-electron chi connectivity index (χ0n) is 12.1. The summed E-state index contributed by atoms with van der Waals surface area (Å²) in [5.74, 6) is -2.67. The highest BCUT2D eigenvalue weighted by Crippen LogP contribution is 2.20. The summed E-state index contributed by atoms with van der Waals surface area (Å²) in [5.41, 5.74) is 0.0743. The Morgan fingerprint density at radius 1 is 1.35 bits per heavy atom. The number of benzene rings is 1. The van der Waals surface area contributed by atoms with E-state index in [1.54, 1.807) is 0 Å². The number of oxazole rings is 1. The van der Waals surface area contributed by atoms with Gasteiger partial charge in [-0.05, 0) is 25.0 Å². The molecule has 0 bridgehead atoms. The summed E-state index contributed by atoms with van der Waals surface area (Å²) in [5, 5.41) is 1.23. The molecule has 6 nitrogen and oxygen atoms in total. The SMILES string of the molecule is O=C(c1coc(COc2cccc(F)c2F)n1)N1CCCCO1. The molecule has 0 saturated carbocycles. The highest BCUT2D eigenvalue weighted by Gasteiger charge is 2.23. The van der Waals surface area contributed by atoms with Gasteiger partial charge in [0.25, 0.3) is 5.91 Å². The number of amides is 1. The van der Waals surface area contributed by atoms with Gasteiger partial charge in [0, 0.05) is 6.54 Å². The number of aromatic nitrogens is 1. The first kappa shape index (κ1) is 15.4. The number of carbonyl (C=O) groups excluding carboxylic acids is 1. The van der Waals surface area contributed by atoms with Crippen LogP contribution in [0.15, 0.2) is 28.9 Å². The summed E-state index contributed by atoms with van der Waals surface area (Å²) in [4.78, 5) is 21.3. The van der Waals surface area contributed by atoms with E-state index in [0.29, 0.717) is 13.2 Å². The molecule has 1 aliphatic heterocycles. The maximum atomic E-state index is 13.5. The van der Waals surface area contributed by atoms with Crippen molar-refractivity contribution in [2.45, 2.75) is 19.4 Å². The van der Waals surface area contributed by atoms with Crippen molar-refractivity contribution in [3.63, 3.8) is 0 Å². The van der Waals surface area contributed by atoms with Crippen LogP contribution in [0, 0.1) is 11.6 Å². The minimum atomic E-state index is -1.09. The van der Waals surface area contributed by atoms with Crippen LogP contribution in [-0.2, 0) is 11.4 Å². The third kappa shape index (κ3) is 3.48. The predicted molar refractivity (Wildman–Crippen MR) is 73.4 cm³/mol. The quantitative estimate of drug-likeness (QED) is 0.865. The Balaban J connectivity index is 1.63. The second-order valence-corrected chi connectivity index (χ2v) is 4.91. The average molecular weight is 324 g/mol. The van der Waals surface area contributed by atoms with Gasteiger partial charge < -0.3 is 9.15 Å². The standard InChI is InChI=1S/C15H14F2N2O4/c16-10-4-3-5-12(14(10)17)21-9-13-18-11(8-22-13)15(20)19-6-1-2-7-23-19/h3-5,8H,1-2,6-7,9H2. The highest BCUT2D eigenvalue weighted by atomic mass is 19.2. The van der Waals surface area contributed by atoms with Gasteiger partial charge in [-0.15, -0.1) is 0 Å². The molecule has 0 spiro atoms. The molecule has 1 amide bonds. The van der Waals surface area contributed by atoms with Crippen molar-refractivity contribution in [3.05, 3.63) is 47.7 Å². The van der Waals surface area contributed by atoms with Crippen LogP contribution < -0.4 is 4.74 Å². The predicted octanol–water partition coefficient (Wildman–Crippen LogP) is 2.70. The molecule has 2 heterocycles. The Bertz CT molecular complexity index is 699. The van der Waals surface area contributed by atoms with Crippen LogP contribution in [0.1, 0.15) is 29.2 Å². The first-order valence-electron chi connectivity index (χ1n) is 7.11. The van der Waals surface area contributed by atoms with Crippen molar-refractivity contribution < 1.29 is 27.6 Å². The fourth-order valence-corrected chi connectivity index (χ4v) is 2.10. The molecular weight excluding hydrogens is 310 g/mol. The van der Waals surface area contributed by atoms with Crippen molar-refractivity contribution >= 4 is 5.91 Å². The Labute approximate surface area is 130 Å². The lowest BCUT2D eigenvalue weighted by molar-refractivity contribution is -0.144. The number of carbonyl (C=O) groups is 1. The second kappa shape index (κ2) is 6.74.